The Morgan fingerprint density at radius 2 is 1.77 bits per heavy atom. The summed E-state index contributed by atoms with van der Waals surface area (Å²) in [7, 11) is 0. The molecule has 0 radical (unpaired) electrons. The first kappa shape index (κ1) is 17.0. The van der Waals surface area contributed by atoms with Gasteiger partial charge in [-0.05, 0) is 44.4 Å². The highest BCUT2D eigenvalue weighted by Gasteiger charge is 2.47. The van der Waals surface area contributed by atoms with E-state index in [4.69, 9.17) is 4.74 Å². The zero-order valence-corrected chi connectivity index (χ0v) is 15.6. The molecule has 2 aliphatic rings. The average molecular weight is 350 g/mol. The molecule has 2 aliphatic heterocycles. The SMILES string of the molecule is CC(C)(C)OC(=O)N1CC[C@@H]2[C@H](c3ccccc3)Nc3ccccc3[C@@H]21. The smallest absolute Gasteiger partial charge is 0.410 e. The van der Waals surface area contributed by atoms with Crippen LogP contribution in [0.2, 0.25) is 0 Å². The Balaban J connectivity index is 1.72. The van der Waals surface area contributed by atoms with Gasteiger partial charge in [-0.2, -0.15) is 0 Å². The number of anilines is 1. The van der Waals surface area contributed by atoms with Crippen LogP contribution in [0.3, 0.4) is 0 Å². The number of benzene rings is 2. The number of nitrogens with zero attached hydrogens (tertiary/aromatic N) is 1. The van der Waals surface area contributed by atoms with Gasteiger partial charge in [-0.25, -0.2) is 4.79 Å². The molecule has 4 heteroatoms. The molecule has 2 aromatic carbocycles. The number of nitrogens with one attached hydrogen (secondary N) is 1. The van der Waals surface area contributed by atoms with Gasteiger partial charge in [0.05, 0.1) is 12.1 Å². The molecule has 26 heavy (non-hydrogen) atoms. The van der Waals surface area contributed by atoms with Crippen LogP contribution in [0.5, 0.6) is 0 Å². The number of rotatable bonds is 1. The zero-order chi connectivity index (χ0) is 18.3. The van der Waals surface area contributed by atoms with E-state index >= 15 is 0 Å². The fourth-order valence-electron chi connectivity index (χ4n) is 4.24. The molecule has 1 saturated heterocycles. The minimum Gasteiger partial charge on any atom is -0.444 e. The van der Waals surface area contributed by atoms with E-state index in [-0.39, 0.29) is 18.2 Å². The number of likely N-dealkylation sites (tertiary alicyclic amines) is 1. The Kier molecular flexibility index (Phi) is 4.14. The molecule has 0 aliphatic carbocycles. The van der Waals surface area contributed by atoms with Crippen LogP contribution in [-0.4, -0.2) is 23.1 Å². The summed E-state index contributed by atoms with van der Waals surface area (Å²) in [5.74, 6) is 0.333. The van der Waals surface area contributed by atoms with Crippen LogP contribution >= 0.6 is 0 Å². The Bertz CT molecular complexity index is 797. The van der Waals surface area contributed by atoms with Crippen molar-refractivity contribution in [2.45, 2.75) is 44.9 Å². The summed E-state index contributed by atoms with van der Waals surface area (Å²) in [5.41, 5.74) is 3.08. The largest absolute Gasteiger partial charge is 0.444 e. The number of carbonyl (C=O) groups excluding carboxylic acids is 1. The third-order valence-corrected chi connectivity index (χ3v) is 5.25. The summed E-state index contributed by atoms with van der Waals surface area (Å²) in [6.45, 7) is 6.48. The van der Waals surface area contributed by atoms with Crippen LogP contribution in [0.1, 0.15) is 50.4 Å². The van der Waals surface area contributed by atoms with E-state index in [1.807, 2.05) is 43.9 Å². The van der Waals surface area contributed by atoms with E-state index in [2.05, 4.69) is 41.7 Å². The molecule has 3 atom stereocenters. The average Bonchev–Trinajstić information content (AvgIpc) is 3.06. The highest BCUT2D eigenvalue weighted by atomic mass is 16.6. The number of ether oxygens (including phenoxy) is 1. The first-order valence-corrected chi connectivity index (χ1v) is 9.34. The van der Waals surface area contributed by atoms with Crippen molar-refractivity contribution in [3.63, 3.8) is 0 Å². The van der Waals surface area contributed by atoms with E-state index in [0.717, 1.165) is 18.7 Å². The molecule has 0 bridgehead atoms. The molecule has 0 saturated carbocycles. The lowest BCUT2D eigenvalue weighted by Gasteiger charge is -2.40. The molecule has 1 N–H and O–H groups in total. The van der Waals surface area contributed by atoms with Crippen molar-refractivity contribution in [3.05, 3.63) is 65.7 Å². The van der Waals surface area contributed by atoms with E-state index in [1.165, 1.54) is 11.1 Å². The third kappa shape index (κ3) is 3.05. The molecule has 1 amide bonds. The molecule has 2 aromatic rings. The highest BCUT2D eigenvalue weighted by Crippen LogP contribution is 2.51. The molecule has 4 rings (SSSR count). The molecule has 0 spiro atoms. The molecular weight excluding hydrogens is 324 g/mol. The van der Waals surface area contributed by atoms with Crippen LogP contribution in [0, 0.1) is 5.92 Å². The summed E-state index contributed by atoms with van der Waals surface area (Å²) >= 11 is 0. The van der Waals surface area contributed by atoms with Gasteiger partial charge in [0.15, 0.2) is 0 Å². The van der Waals surface area contributed by atoms with Crippen LogP contribution in [-0.2, 0) is 4.74 Å². The van der Waals surface area contributed by atoms with Crippen LogP contribution in [0.25, 0.3) is 0 Å². The standard InChI is InChI=1S/C22H26N2O2/c1-22(2,3)26-21(25)24-14-13-17-19(15-9-5-4-6-10-15)23-18-12-8-7-11-16(18)20(17)24/h4-12,17,19-20,23H,13-14H2,1-3H3/t17-,19+,20+/m1/s1. The zero-order valence-electron chi connectivity index (χ0n) is 15.6. The van der Waals surface area contributed by atoms with Gasteiger partial charge < -0.3 is 15.0 Å². The quantitative estimate of drug-likeness (QED) is 0.773. The second-order valence-electron chi connectivity index (χ2n) is 8.19. The molecular formula is C22H26N2O2. The van der Waals surface area contributed by atoms with Crippen molar-refractivity contribution in [1.29, 1.82) is 0 Å². The molecule has 0 unspecified atom stereocenters. The minimum atomic E-state index is -0.486. The fourth-order valence-corrected chi connectivity index (χ4v) is 4.24. The summed E-state index contributed by atoms with van der Waals surface area (Å²) in [4.78, 5) is 14.8. The summed E-state index contributed by atoms with van der Waals surface area (Å²) in [6, 6.07) is 19.1. The van der Waals surface area contributed by atoms with Crippen molar-refractivity contribution in [2.75, 3.05) is 11.9 Å². The van der Waals surface area contributed by atoms with Crippen molar-refractivity contribution < 1.29 is 9.53 Å². The number of hydrogen-bond acceptors (Lipinski definition) is 3. The lowest BCUT2D eigenvalue weighted by atomic mass is 9.80. The molecule has 0 aromatic heterocycles. The van der Waals surface area contributed by atoms with Crippen molar-refractivity contribution in [2.24, 2.45) is 5.92 Å². The summed E-state index contributed by atoms with van der Waals surface area (Å²) < 4.78 is 5.69. The van der Waals surface area contributed by atoms with E-state index in [9.17, 15) is 4.79 Å². The van der Waals surface area contributed by atoms with Gasteiger partial charge >= 0.3 is 6.09 Å². The fraction of sp³-hybridized carbons (Fsp3) is 0.409. The lowest BCUT2D eigenvalue weighted by Crippen LogP contribution is -2.40. The number of fused-ring (bicyclic) bond motifs is 3. The molecule has 1 fully saturated rings. The van der Waals surface area contributed by atoms with E-state index in [0.29, 0.717) is 5.92 Å². The maximum absolute atomic E-state index is 12.9. The van der Waals surface area contributed by atoms with Crippen LogP contribution in [0.4, 0.5) is 10.5 Å². The van der Waals surface area contributed by atoms with E-state index < -0.39 is 5.60 Å². The van der Waals surface area contributed by atoms with Gasteiger partial charge in [0.1, 0.15) is 5.60 Å². The van der Waals surface area contributed by atoms with Crippen molar-refractivity contribution >= 4 is 11.8 Å². The Morgan fingerprint density at radius 1 is 1.08 bits per heavy atom. The topological polar surface area (TPSA) is 41.6 Å². The first-order chi connectivity index (χ1) is 12.4. The van der Waals surface area contributed by atoms with Gasteiger partial charge in [-0.3, -0.25) is 0 Å². The van der Waals surface area contributed by atoms with Gasteiger partial charge in [0, 0.05) is 18.2 Å². The monoisotopic (exact) mass is 350 g/mol. The minimum absolute atomic E-state index is 0.0486. The van der Waals surface area contributed by atoms with E-state index in [1.54, 1.807) is 0 Å². The predicted molar refractivity (Wildman–Crippen MR) is 103 cm³/mol. The van der Waals surface area contributed by atoms with Gasteiger partial charge in [0.25, 0.3) is 0 Å². The molecule has 4 nitrogen and oxygen atoms in total. The lowest BCUT2D eigenvalue weighted by molar-refractivity contribution is 0.0198. The van der Waals surface area contributed by atoms with Crippen LogP contribution in [0.15, 0.2) is 54.6 Å². The number of amides is 1. The van der Waals surface area contributed by atoms with Gasteiger partial charge in [0.2, 0.25) is 0 Å². The second kappa shape index (κ2) is 6.35. The Morgan fingerprint density at radius 3 is 2.50 bits per heavy atom. The molecule has 2 heterocycles. The van der Waals surface area contributed by atoms with Crippen molar-refractivity contribution in [1.82, 2.24) is 4.90 Å². The number of para-hydroxylation sites is 1. The Labute approximate surface area is 155 Å². The predicted octanol–water partition coefficient (Wildman–Crippen LogP) is 5.15. The van der Waals surface area contributed by atoms with Gasteiger partial charge in [-0.15, -0.1) is 0 Å². The number of hydrogen-bond donors (Lipinski definition) is 1. The molecule has 136 valence electrons. The highest BCUT2D eigenvalue weighted by molar-refractivity contribution is 5.71. The van der Waals surface area contributed by atoms with Gasteiger partial charge in [-0.1, -0.05) is 48.5 Å². The Hall–Kier alpha value is -2.49. The summed E-state index contributed by atoms with van der Waals surface area (Å²) in [5, 5.41) is 3.71. The maximum Gasteiger partial charge on any atom is 0.410 e. The first-order valence-electron chi connectivity index (χ1n) is 9.34. The second-order valence-corrected chi connectivity index (χ2v) is 8.19. The van der Waals surface area contributed by atoms with Crippen molar-refractivity contribution in [3.8, 4) is 0 Å². The summed E-state index contributed by atoms with van der Waals surface area (Å²) in [6.07, 6.45) is 0.749. The maximum atomic E-state index is 12.9. The number of carbonyl (C=O) groups is 1. The normalized spacial score (nSPS) is 24.4. The third-order valence-electron chi connectivity index (χ3n) is 5.25. The van der Waals surface area contributed by atoms with Crippen LogP contribution < -0.4 is 5.32 Å².